The number of benzene rings is 1. The monoisotopic (exact) mass is 476 g/mol. The number of halogens is 3. The van der Waals surface area contributed by atoms with Crippen molar-refractivity contribution < 1.29 is 22.2 Å². The number of carbonyl (C=O) groups is 1. The molecule has 2 atom stereocenters. The molecule has 0 spiro atoms. The Labute approximate surface area is 189 Å². The van der Waals surface area contributed by atoms with E-state index in [9.17, 15) is 27.4 Å². The van der Waals surface area contributed by atoms with Crippen molar-refractivity contribution in [2.45, 2.75) is 23.5 Å². The first-order valence-electron chi connectivity index (χ1n) is 10.0. The van der Waals surface area contributed by atoms with Gasteiger partial charge in [-0.15, -0.1) is 0 Å². The van der Waals surface area contributed by atoms with Gasteiger partial charge in [0.05, 0.1) is 16.1 Å². The average Bonchev–Trinajstić information content (AvgIpc) is 3.45. The molecule has 2 amide bonds. The second-order valence-electron chi connectivity index (χ2n) is 7.45. The third kappa shape index (κ3) is 4.93. The van der Waals surface area contributed by atoms with Crippen LogP contribution in [0.1, 0.15) is 12.0 Å². The van der Waals surface area contributed by atoms with Crippen LogP contribution in [-0.2, 0) is 11.0 Å². The molecule has 1 aliphatic rings. The average molecular weight is 476 g/mol. The molecule has 3 aromatic rings. The number of likely N-dealkylation sites (tertiary alicyclic amines) is 1. The van der Waals surface area contributed by atoms with Crippen molar-refractivity contribution in [1.29, 1.82) is 5.26 Å². The minimum Gasteiger partial charge on any atom is -0.379 e. The van der Waals surface area contributed by atoms with Gasteiger partial charge in [-0.1, -0.05) is 18.2 Å². The van der Waals surface area contributed by atoms with Gasteiger partial charge in [0.25, 0.3) is 0 Å². The van der Waals surface area contributed by atoms with Crippen molar-refractivity contribution in [1.82, 2.24) is 19.2 Å². The molecule has 0 bridgehead atoms. The number of alkyl halides is 3. The number of hydrogen-bond acceptors (Lipinski definition) is 5. The van der Waals surface area contributed by atoms with Gasteiger partial charge in [0.2, 0.25) is 0 Å². The summed E-state index contributed by atoms with van der Waals surface area (Å²) in [6.45, 7) is -0.943. The first-order valence-corrected chi connectivity index (χ1v) is 11.1. The number of pyridine rings is 1. The molecule has 172 valence electrons. The third-order valence-corrected chi connectivity index (χ3v) is 6.52. The number of nitrogens with one attached hydrogen (secondary N) is 2. The molecule has 1 aromatic carbocycles. The van der Waals surface area contributed by atoms with E-state index in [4.69, 9.17) is 0 Å². The topological polar surface area (TPSA) is 103 Å². The van der Waals surface area contributed by atoms with Gasteiger partial charge in [0, 0.05) is 36.9 Å². The molecule has 0 aliphatic carbocycles. The molecule has 2 N–H and O–H groups in total. The predicted molar refractivity (Wildman–Crippen MR) is 116 cm³/mol. The number of hydrogen-bond donors (Lipinski definition) is 2. The van der Waals surface area contributed by atoms with Crippen LogP contribution < -0.4 is 10.6 Å². The van der Waals surface area contributed by atoms with Gasteiger partial charge >= 0.3 is 12.2 Å². The summed E-state index contributed by atoms with van der Waals surface area (Å²) < 4.78 is 51.6. The molecule has 33 heavy (non-hydrogen) atoms. The highest BCUT2D eigenvalue weighted by Gasteiger charge is 2.32. The number of aromatic nitrogens is 2. The van der Waals surface area contributed by atoms with Crippen LogP contribution in [0.5, 0.6) is 0 Å². The van der Waals surface area contributed by atoms with Crippen molar-refractivity contribution >= 4 is 33.7 Å². The maximum absolute atomic E-state index is 13.0. The Hall–Kier alpha value is -3.59. The molecular weight excluding hydrogens is 457 g/mol. The highest BCUT2D eigenvalue weighted by atomic mass is 32.2. The number of nitrogens with zero attached hydrogens (tertiary/aromatic N) is 4. The summed E-state index contributed by atoms with van der Waals surface area (Å²) in [6, 6.07) is 11.6. The zero-order valence-electron chi connectivity index (χ0n) is 17.2. The van der Waals surface area contributed by atoms with Crippen molar-refractivity contribution in [3.63, 3.8) is 0 Å². The van der Waals surface area contributed by atoms with Crippen LogP contribution in [0.25, 0.3) is 11.0 Å². The first kappa shape index (κ1) is 22.6. The number of urea groups is 1. The van der Waals surface area contributed by atoms with Gasteiger partial charge in [0.15, 0.2) is 16.6 Å². The van der Waals surface area contributed by atoms with Crippen LogP contribution in [0, 0.1) is 11.3 Å². The zero-order chi connectivity index (χ0) is 23.6. The Kier molecular flexibility index (Phi) is 6.24. The molecular formula is C21H19F3N6O2S. The zero-order valence-corrected chi connectivity index (χ0v) is 18.0. The van der Waals surface area contributed by atoms with Crippen LogP contribution >= 0.6 is 0 Å². The smallest absolute Gasteiger partial charge is 0.379 e. The van der Waals surface area contributed by atoms with E-state index in [1.165, 1.54) is 15.1 Å². The quantitative estimate of drug-likeness (QED) is 0.589. The van der Waals surface area contributed by atoms with Crippen LogP contribution in [0.4, 0.5) is 23.7 Å². The summed E-state index contributed by atoms with van der Waals surface area (Å²) in [7, 11) is -1.54. The second kappa shape index (κ2) is 9.11. The molecule has 1 fully saturated rings. The summed E-state index contributed by atoms with van der Waals surface area (Å²) in [4.78, 5) is 18.2. The molecule has 0 radical (unpaired) electrons. The lowest BCUT2D eigenvalue weighted by molar-refractivity contribution is -0.123. The predicted octanol–water partition coefficient (Wildman–Crippen LogP) is 3.24. The Morgan fingerprint density at radius 1 is 1.27 bits per heavy atom. The first-order chi connectivity index (χ1) is 15.8. The van der Waals surface area contributed by atoms with Gasteiger partial charge in [-0.25, -0.2) is 18.0 Å². The second-order valence-corrected chi connectivity index (χ2v) is 8.81. The summed E-state index contributed by atoms with van der Waals surface area (Å²) in [6.07, 6.45) is -0.986. The van der Waals surface area contributed by atoms with Gasteiger partial charge in [0.1, 0.15) is 12.6 Å². The van der Waals surface area contributed by atoms with Crippen molar-refractivity contribution in [2.75, 3.05) is 25.0 Å². The largest absolute Gasteiger partial charge is 0.405 e. The lowest BCUT2D eigenvalue weighted by atomic mass is 10.1. The van der Waals surface area contributed by atoms with E-state index in [0.29, 0.717) is 28.0 Å². The Balaban J connectivity index is 1.55. The number of rotatable bonds is 5. The van der Waals surface area contributed by atoms with E-state index in [1.807, 2.05) is 11.4 Å². The van der Waals surface area contributed by atoms with E-state index in [2.05, 4.69) is 16.4 Å². The minimum absolute atomic E-state index is 0.176. The number of amides is 2. The van der Waals surface area contributed by atoms with Gasteiger partial charge in [-0.2, -0.15) is 18.4 Å². The Bertz CT molecular complexity index is 1240. The molecule has 1 aliphatic heterocycles. The van der Waals surface area contributed by atoms with Crippen LogP contribution in [0.15, 0.2) is 53.7 Å². The Morgan fingerprint density at radius 3 is 2.73 bits per heavy atom. The van der Waals surface area contributed by atoms with Crippen molar-refractivity contribution in [3.05, 3.63) is 54.4 Å². The van der Waals surface area contributed by atoms with Crippen LogP contribution in [0.3, 0.4) is 0 Å². The lowest BCUT2D eigenvalue weighted by Gasteiger charge is -2.19. The lowest BCUT2D eigenvalue weighted by Crippen LogP contribution is -2.43. The standard InChI is InChI=1S/C21H19F3N6O2S/c22-21(23,24)13-27-20(31)29-8-6-15(12-29)28-18-14(10-25)11-26-19-17(18)7-9-30(19)33(32)16-4-2-1-3-5-16/h1-5,7,9,11,15H,6,8,12-13H2,(H,26,28)(H,27,31). The number of nitriles is 1. The highest BCUT2D eigenvalue weighted by Crippen LogP contribution is 2.30. The number of fused-ring (bicyclic) bond motifs is 1. The molecule has 12 heteroatoms. The number of carbonyl (C=O) groups excluding carboxylic acids is 1. The molecule has 4 rings (SSSR count). The summed E-state index contributed by atoms with van der Waals surface area (Å²) >= 11 is 0. The fourth-order valence-electron chi connectivity index (χ4n) is 3.64. The molecule has 8 nitrogen and oxygen atoms in total. The van der Waals surface area contributed by atoms with Crippen LogP contribution in [-0.4, -0.2) is 55.9 Å². The van der Waals surface area contributed by atoms with Crippen LogP contribution in [0.2, 0.25) is 0 Å². The molecule has 2 aromatic heterocycles. The normalized spacial score (nSPS) is 17.0. The van der Waals surface area contributed by atoms with E-state index >= 15 is 0 Å². The third-order valence-electron chi connectivity index (χ3n) is 5.19. The fraction of sp³-hybridized carbons (Fsp3) is 0.286. The van der Waals surface area contributed by atoms with Crippen molar-refractivity contribution in [2.24, 2.45) is 0 Å². The highest BCUT2D eigenvalue weighted by molar-refractivity contribution is 7.83. The summed E-state index contributed by atoms with van der Waals surface area (Å²) in [5, 5.41) is 15.2. The fourth-order valence-corrected chi connectivity index (χ4v) is 4.73. The molecule has 2 unspecified atom stereocenters. The van der Waals surface area contributed by atoms with Gasteiger partial charge in [-0.05, 0) is 24.6 Å². The van der Waals surface area contributed by atoms with Gasteiger partial charge < -0.3 is 15.5 Å². The van der Waals surface area contributed by atoms with E-state index in [-0.39, 0.29) is 24.7 Å². The van der Waals surface area contributed by atoms with Gasteiger partial charge in [-0.3, -0.25) is 0 Å². The van der Waals surface area contributed by atoms with E-state index in [1.54, 1.807) is 36.5 Å². The minimum atomic E-state index is -4.48. The van der Waals surface area contributed by atoms with Crippen molar-refractivity contribution in [3.8, 4) is 6.07 Å². The molecule has 1 saturated heterocycles. The molecule has 0 saturated carbocycles. The van der Waals surface area contributed by atoms with E-state index in [0.717, 1.165) is 0 Å². The maximum Gasteiger partial charge on any atom is 0.405 e. The molecule has 3 heterocycles. The number of anilines is 1. The summed E-state index contributed by atoms with van der Waals surface area (Å²) in [5.74, 6) is 0. The maximum atomic E-state index is 13.0. The van der Waals surface area contributed by atoms with E-state index < -0.39 is 29.7 Å². The SMILES string of the molecule is N#Cc1cnc2c(ccn2S(=O)c2ccccc2)c1NC1CCN(C(=O)NCC(F)(F)F)C1. The summed E-state index contributed by atoms with van der Waals surface area (Å²) in [5.41, 5.74) is 1.16. The Morgan fingerprint density at radius 2 is 2.03 bits per heavy atom.